The fourth-order valence-corrected chi connectivity index (χ4v) is 2.47. The summed E-state index contributed by atoms with van der Waals surface area (Å²) in [5.41, 5.74) is 0.609. The lowest BCUT2D eigenvalue weighted by atomic mass is 9.94. The van der Waals surface area contributed by atoms with Crippen LogP contribution in [0.1, 0.15) is 24.1 Å². The minimum Gasteiger partial charge on any atom is -0.388 e. The van der Waals surface area contributed by atoms with Crippen molar-refractivity contribution in [2.24, 2.45) is 7.05 Å². The van der Waals surface area contributed by atoms with Gasteiger partial charge < -0.3 is 15.2 Å². The molecule has 6 nitrogen and oxygen atoms in total. The van der Waals surface area contributed by atoms with Gasteiger partial charge in [0.2, 0.25) is 5.91 Å². The van der Waals surface area contributed by atoms with Gasteiger partial charge in [0.25, 0.3) is 0 Å². The minimum absolute atomic E-state index is 0.222. The highest BCUT2D eigenvalue weighted by molar-refractivity contribution is 6.31. The number of halogens is 1. The number of nitrogens with one attached hydrogen (secondary N) is 1. The Morgan fingerprint density at radius 1 is 1.57 bits per heavy atom. The van der Waals surface area contributed by atoms with Crippen LogP contribution in [0, 0.1) is 6.92 Å². The molecule has 0 aromatic carbocycles. The molecule has 0 radical (unpaired) electrons. The van der Waals surface area contributed by atoms with Crippen LogP contribution in [0.25, 0.3) is 6.08 Å². The number of hydrogen-bond acceptors (Lipinski definition) is 4. The largest absolute Gasteiger partial charge is 0.388 e. The highest BCUT2D eigenvalue weighted by Crippen LogP contribution is 2.20. The molecule has 1 aliphatic rings. The van der Waals surface area contributed by atoms with Gasteiger partial charge in [-0.15, -0.1) is 0 Å². The molecule has 1 amide bonds. The zero-order valence-corrected chi connectivity index (χ0v) is 13.0. The molecule has 2 heterocycles. The molecule has 0 saturated carbocycles. The van der Waals surface area contributed by atoms with Crippen molar-refractivity contribution in [2.45, 2.75) is 25.4 Å². The number of carbonyl (C=O) groups excluding carboxylic acids is 1. The van der Waals surface area contributed by atoms with E-state index in [0.717, 1.165) is 11.3 Å². The van der Waals surface area contributed by atoms with Gasteiger partial charge in [0.1, 0.15) is 5.15 Å². The molecule has 0 bridgehead atoms. The highest BCUT2D eigenvalue weighted by atomic mass is 35.5. The predicted octanol–water partition coefficient (Wildman–Crippen LogP) is 1.05. The zero-order valence-electron chi connectivity index (χ0n) is 12.2. The second-order valence-corrected chi connectivity index (χ2v) is 5.66. The average molecular weight is 314 g/mol. The molecule has 2 rings (SSSR count). The van der Waals surface area contributed by atoms with E-state index in [0.29, 0.717) is 31.2 Å². The summed E-state index contributed by atoms with van der Waals surface area (Å²) >= 11 is 6.08. The van der Waals surface area contributed by atoms with Gasteiger partial charge in [-0.2, -0.15) is 5.10 Å². The molecule has 1 aliphatic heterocycles. The number of aromatic nitrogens is 2. The summed E-state index contributed by atoms with van der Waals surface area (Å²) in [4.78, 5) is 11.8. The van der Waals surface area contributed by atoms with Crippen LogP contribution in [0.5, 0.6) is 0 Å². The Morgan fingerprint density at radius 3 is 2.81 bits per heavy atom. The Kier molecular flexibility index (Phi) is 5.03. The van der Waals surface area contributed by atoms with Gasteiger partial charge in [0, 0.05) is 51.3 Å². The summed E-state index contributed by atoms with van der Waals surface area (Å²) in [5.74, 6) is -0.269. The quantitative estimate of drug-likeness (QED) is 0.815. The van der Waals surface area contributed by atoms with Crippen LogP contribution in [0.3, 0.4) is 0 Å². The smallest absolute Gasteiger partial charge is 0.244 e. The summed E-state index contributed by atoms with van der Waals surface area (Å²) in [6.45, 7) is 3.09. The van der Waals surface area contributed by atoms with E-state index in [1.165, 1.54) is 6.08 Å². The zero-order chi connectivity index (χ0) is 15.5. The third kappa shape index (κ3) is 4.06. The number of hydrogen-bond donors (Lipinski definition) is 2. The van der Waals surface area contributed by atoms with Crippen LogP contribution >= 0.6 is 11.6 Å². The Balaban J connectivity index is 1.91. The van der Waals surface area contributed by atoms with Gasteiger partial charge in [-0.05, 0) is 13.0 Å². The number of aryl methyl sites for hydroxylation is 2. The lowest BCUT2D eigenvalue weighted by Gasteiger charge is -2.31. The van der Waals surface area contributed by atoms with E-state index in [1.54, 1.807) is 17.8 Å². The first kappa shape index (κ1) is 16.0. The van der Waals surface area contributed by atoms with E-state index >= 15 is 0 Å². The fourth-order valence-electron chi connectivity index (χ4n) is 2.23. The van der Waals surface area contributed by atoms with E-state index < -0.39 is 5.60 Å². The first-order chi connectivity index (χ1) is 9.91. The van der Waals surface area contributed by atoms with E-state index in [-0.39, 0.29) is 12.5 Å². The Morgan fingerprint density at radius 2 is 2.24 bits per heavy atom. The Hall–Kier alpha value is -1.37. The van der Waals surface area contributed by atoms with Crippen molar-refractivity contribution in [3.05, 3.63) is 22.5 Å². The molecule has 7 heteroatoms. The van der Waals surface area contributed by atoms with Crippen LogP contribution in [0.15, 0.2) is 6.08 Å². The molecule has 1 aromatic heterocycles. The SMILES string of the molecule is Cc1nn(C)c(Cl)c1/C=C/C(=O)NCC1(O)CCOCC1. The minimum atomic E-state index is -0.871. The van der Waals surface area contributed by atoms with Gasteiger partial charge >= 0.3 is 0 Å². The van der Waals surface area contributed by atoms with Crippen molar-refractivity contribution in [3.63, 3.8) is 0 Å². The summed E-state index contributed by atoms with van der Waals surface area (Å²) in [5, 5.41) is 17.6. The number of rotatable bonds is 4. The van der Waals surface area contributed by atoms with Crippen LogP contribution < -0.4 is 5.32 Å². The normalized spacial score (nSPS) is 18.1. The van der Waals surface area contributed by atoms with Gasteiger partial charge in [-0.3, -0.25) is 9.48 Å². The lowest BCUT2D eigenvalue weighted by Crippen LogP contribution is -2.46. The number of ether oxygens (including phenoxy) is 1. The van der Waals surface area contributed by atoms with Crippen LogP contribution in [0.2, 0.25) is 5.15 Å². The molecule has 1 saturated heterocycles. The van der Waals surface area contributed by atoms with Gasteiger partial charge in [0.15, 0.2) is 0 Å². The molecule has 0 spiro atoms. The molecule has 1 fully saturated rings. The van der Waals surface area contributed by atoms with Crippen molar-refractivity contribution >= 4 is 23.6 Å². The second-order valence-electron chi connectivity index (χ2n) is 5.30. The molecule has 21 heavy (non-hydrogen) atoms. The van der Waals surface area contributed by atoms with Crippen molar-refractivity contribution in [2.75, 3.05) is 19.8 Å². The van der Waals surface area contributed by atoms with Gasteiger partial charge in [-0.1, -0.05) is 11.6 Å². The number of amides is 1. The maximum absolute atomic E-state index is 11.8. The Bertz CT molecular complexity index is 548. The van der Waals surface area contributed by atoms with E-state index in [4.69, 9.17) is 16.3 Å². The summed E-state index contributed by atoms with van der Waals surface area (Å²) in [6.07, 6.45) is 4.10. The summed E-state index contributed by atoms with van der Waals surface area (Å²) < 4.78 is 6.75. The summed E-state index contributed by atoms with van der Waals surface area (Å²) in [6, 6.07) is 0. The first-order valence-corrected chi connectivity index (χ1v) is 7.24. The fraction of sp³-hybridized carbons (Fsp3) is 0.571. The predicted molar refractivity (Wildman–Crippen MR) is 80.0 cm³/mol. The van der Waals surface area contributed by atoms with Gasteiger partial charge in [0.05, 0.1) is 11.3 Å². The third-order valence-electron chi connectivity index (χ3n) is 3.61. The van der Waals surface area contributed by atoms with Crippen LogP contribution in [-0.2, 0) is 16.6 Å². The van der Waals surface area contributed by atoms with Gasteiger partial charge in [-0.25, -0.2) is 0 Å². The molecule has 116 valence electrons. The number of aliphatic hydroxyl groups is 1. The van der Waals surface area contributed by atoms with Crippen molar-refractivity contribution in [3.8, 4) is 0 Å². The molecule has 0 atom stereocenters. The van der Waals surface area contributed by atoms with Crippen molar-refractivity contribution in [1.29, 1.82) is 0 Å². The monoisotopic (exact) mass is 313 g/mol. The topological polar surface area (TPSA) is 76.4 Å². The van der Waals surface area contributed by atoms with E-state index in [2.05, 4.69) is 10.4 Å². The maximum Gasteiger partial charge on any atom is 0.244 e. The molecule has 1 aromatic rings. The Labute approximate surface area is 128 Å². The first-order valence-electron chi connectivity index (χ1n) is 6.86. The van der Waals surface area contributed by atoms with Crippen LogP contribution in [0.4, 0.5) is 0 Å². The third-order valence-corrected chi connectivity index (χ3v) is 4.06. The molecular formula is C14H20ClN3O3. The molecular weight excluding hydrogens is 294 g/mol. The van der Waals surface area contributed by atoms with Crippen LogP contribution in [-0.4, -0.2) is 46.2 Å². The number of carbonyl (C=O) groups is 1. The van der Waals surface area contributed by atoms with E-state index in [1.807, 2.05) is 6.92 Å². The maximum atomic E-state index is 11.8. The standard InChI is InChI=1S/C14H20ClN3O3/c1-10-11(13(15)18(2)17-10)3-4-12(19)16-9-14(20)5-7-21-8-6-14/h3-4,20H,5-9H2,1-2H3,(H,16,19)/b4-3+. The van der Waals surface area contributed by atoms with Crippen molar-refractivity contribution in [1.82, 2.24) is 15.1 Å². The highest BCUT2D eigenvalue weighted by Gasteiger charge is 2.29. The summed E-state index contributed by atoms with van der Waals surface area (Å²) in [7, 11) is 1.74. The van der Waals surface area contributed by atoms with E-state index in [9.17, 15) is 9.90 Å². The molecule has 2 N–H and O–H groups in total. The lowest BCUT2D eigenvalue weighted by molar-refractivity contribution is -0.119. The average Bonchev–Trinajstić information content (AvgIpc) is 2.69. The van der Waals surface area contributed by atoms with Crippen molar-refractivity contribution < 1.29 is 14.6 Å². The molecule has 0 aliphatic carbocycles. The molecule has 0 unspecified atom stereocenters. The second kappa shape index (κ2) is 6.60. The number of nitrogens with zero attached hydrogens (tertiary/aromatic N) is 2.